The molecule has 124 valence electrons. The molecule has 0 saturated heterocycles. The highest BCUT2D eigenvalue weighted by Crippen LogP contribution is 2.33. The van der Waals surface area contributed by atoms with Crippen LogP contribution in [0.25, 0.3) is 11.3 Å². The lowest BCUT2D eigenvalue weighted by atomic mass is 9.95. The molecule has 0 aliphatic carbocycles. The molecule has 1 heterocycles. The molecular weight excluding hydrogens is 300 g/mol. The zero-order chi connectivity index (χ0) is 16.9. The number of nitrogen functional groups attached to an aromatic ring is 1. The summed E-state index contributed by atoms with van der Waals surface area (Å²) in [6.07, 6.45) is 1.03. The average Bonchev–Trinajstić information content (AvgIpc) is 3.06. The van der Waals surface area contributed by atoms with Crippen molar-refractivity contribution in [2.75, 3.05) is 5.73 Å². The Morgan fingerprint density at radius 2 is 1.92 bits per heavy atom. The zero-order valence-electron chi connectivity index (χ0n) is 14.0. The molecule has 0 radical (unpaired) electrons. The third kappa shape index (κ3) is 3.59. The molecule has 4 heteroatoms. The van der Waals surface area contributed by atoms with Gasteiger partial charge in [0, 0.05) is 11.6 Å². The van der Waals surface area contributed by atoms with E-state index < -0.39 is 0 Å². The standard InChI is InChI=1S/C20H22N2O2/c1-3-14(2)17-11-16(18-12-20(21)24-22-18)9-10-19(17)23-13-15-7-5-4-6-8-15/h4-12,14H,3,13,21H2,1-2H3. The van der Waals surface area contributed by atoms with Crippen molar-refractivity contribution in [3.63, 3.8) is 0 Å². The number of hydrogen-bond acceptors (Lipinski definition) is 4. The van der Waals surface area contributed by atoms with Gasteiger partial charge in [0.25, 0.3) is 0 Å². The van der Waals surface area contributed by atoms with Crippen LogP contribution in [0.1, 0.15) is 37.3 Å². The normalized spacial score (nSPS) is 12.1. The SMILES string of the molecule is CCC(C)c1cc(-c2cc(N)on2)ccc1OCc1ccccc1. The third-order valence-electron chi connectivity index (χ3n) is 4.21. The van der Waals surface area contributed by atoms with E-state index in [0.717, 1.165) is 29.0 Å². The molecule has 1 unspecified atom stereocenters. The lowest BCUT2D eigenvalue weighted by molar-refractivity contribution is 0.301. The van der Waals surface area contributed by atoms with Crippen LogP contribution in [0.3, 0.4) is 0 Å². The predicted molar refractivity (Wildman–Crippen MR) is 95.8 cm³/mol. The van der Waals surface area contributed by atoms with Gasteiger partial charge in [-0.2, -0.15) is 0 Å². The summed E-state index contributed by atoms with van der Waals surface area (Å²) in [6, 6.07) is 18.0. The van der Waals surface area contributed by atoms with Crippen LogP contribution in [0.2, 0.25) is 0 Å². The average molecular weight is 322 g/mol. The summed E-state index contributed by atoms with van der Waals surface area (Å²) in [7, 11) is 0. The minimum absolute atomic E-state index is 0.319. The van der Waals surface area contributed by atoms with Gasteiger partial charge in [0.1, 0.15) is 18.1 Å². The van der Waals surface area contributed by atoms with E-state index >= 15 is 0 Å². The summed E-state index contributed by atoms with van der Waals surface area (Å²) in [6.45, 7) is 4.93. The van der Waals surface area contributed by atoms with Gasteiger partial charge in [0.05, 0.1) is 0 Å². The van der Waals surface area contributed by atoms with E-state index in [-0.39, 0.29) is 0 Å². The van der Waals surface area contributed by atoms with Crippen molar-refractivity contribution in [2.45, 2.75) is 32.8 Å². The number of rotatable bonds is 6. The largest absolute Gasteiger partial charge is 0.489 e. The van der Waals surface area contributed by atoms with Gasteiger partial charge in [-0.05, 0) is 41.7 Å². The number of aromatic nitrogens is 1. The molecule has 3 aromatic rings. The monoisotopic (exact) mass is 322 g/mol. The molecule has 1 aromatic heterocycles. The third-order valence-corrected chi connectivity index (χ3v) is 4.21. The van der Waals surface area contributed by atoms with Crippen LogP contribution in [0.5, 0.6) is 5.75 Å². The fourth-order valence-electron chi connectivity index (χ4n) is 2.60. The van der Waals surface area contributed by atoms with Gasteiger partial charge in [0.15, 0.2) is 0 Å². The quantitative estimate of drug-likeness (QED) is 0.692. The summed E-state index contributed by atoms with van der Waals surface area (Å²) >= 11 is 0. The van der Waals surface area contributed by atoms with Crippen LogP contribution in [0.15, 0.2) is 59.1 Å². The fourth-order valence-corrected chi connectivity index (χ4v) is 2.60. The summed E-state index contributed by atoms with van der Waals surface area (Å²) in [5, 5.41) is 3.99. The summed E-state index contributed by atoms with van der Waals surface area (Å²) in [5.74, 6) is 1.62. The first-order valence-electron chi connectivity index (χ1n) is 8.20. The highest BCUT2D eigenvalue weighted by Gasteiger charge is 2.14. The van der Waals surface area contributed by atoms with Gasteiger partial charge in [-0.1, -0.05) is 49.3 Å². The molecule has 0 aliphatic heterocycles. The van der Waals surface area contributed by atoms with Crippen LogP contribution in [0, 0.1) is 0 Å². The molecule has 2 N–H and O–H groups in total. The summed E-state index contributed by atoms with van der Waals surface area (Å²) in [5.41, 5.74) is 9.68. The zero-order valence-corrected chi connectivity index (χ0v) is 14.0. The Hall–Kier alpha value is -2.75. The second kappa shape index (κ2) is 7.21. The number of benzene rings is 2. The summed E-state index contributed by atoms with van der Waals surface area (Å²) in [4.78, 5) is 0. The molecule has 3 rings (SSSR count). The molecule has 0 spiro atoms. The smallest absolute Gasteiger partial charge is 0.222 e. The Balaban J connectivity index is 1.87. The van der Waals surface area contributed by atoms with Gasteiger partial charge >= 0.3 is 0 Å². The van der Waals surface area contributed by atoms with Crippen LogP contribution in [0.4, 0.5) is 5.88 Å². The second-order valence-corrected chi connectivity index (χ2v) is 5.95. The molecule has 0 amide bonds. The molecule has 0 bridgehead atoms. The maximum Gasteiger partial charge on any atom is 0.222 e. The van der Waals surface area contributed by atoms with Crippen molar-refractivity contribution >= 4 is 5.88 Å². The number of nitrogens with zero attached hydrogens (tertiary/aromatic N) is 1. The number of hydrogen-bond donors (Lipinski definition) is 1. The van der Waals surface area contributed by atoms with Gasteiger partial charge < -0.3 is 15.0 Å². The molecule has 4 nitrogen and oxygen atoms in total. The number of nitrogens with two attached hydrogens (primary N) is 1. The van der Waals surface area contributed by atoms with Crippen molar-refractivity contribution < 1.29 is 9.26 Å². The lowest BCUT2D eigenvalue weighted by Gasteiger charge is -2.17. The van der Waals surface area contributed by atoms with Gasteiger partial charge in [0.2, 0.25) is 5.88 Å². The van der Waals surface area contributed by atoms with Gasteiger partial charge in [-0.25, -0.2) is 0 Å². The summed E-state index contributed by atoms with van der Waals surface area (Å²) < 4.78 is 11.1. The van der Waals surface area contributed by atoms with E-state index in [2.05, 4.69) is 37.2 Å². The maximum absolute atomic E-state index is 6.07. The highest BCUT2D eigenvalue weighted by molar-refractivity contribution is 5.64. The van der Waals surface area contributed by atoms with Crippen LogP contribution in [-0.2, 0) is 6.61 Å². The van der Waals surface area contributed by atoms with E-state index in [1.54, 1.807) is 6.07 Å². The Kier molecular flexibility index (Phi) is 4.85. The van der Waals surface area contributed by atoms with Crippen molar-refractivity contribution in [1.82, 2.24) is 5.16 Å². The molecule has 0 saturated carbocycles. The Morgan fingerprint density at radius 1 is 1.12 bits per heavy atom. The van der Waals surface area contributed by atoms with Crippen LogP contribution < -0.4 is 10.5 Å². The highest BCUT2D eigenvalue weighted by atomic mass is 16.5. The molecule has 2 aromatic carbocycles. The first-order valence-corrected chi connectivity index (χ1v) is 8.20. The van der Waals surface area contributed by atoms with E-state index in [1.165, 1.54) is 5.56 Å². The first-order chi connectivity index (χ1) is 11.7. The topological polar surface area (TPSA) is 61.3 Å². The van der Waals surface area contributed by atoms with Crippen molar-refractivity contribution in [3.05, 3.63) is 65.7 Å². The van der Waals surface area contributed by atoms with Crippen molar-refractivity contribution in [1.29, 1.82) is 0 Å². The minimum atomic E-state index is 0.319. The Bertz CT molecular complexity index is 796. The molecule has 0 fully saturated rings. The van der Waals surface area contributed by atoms with E-state index in [4.69, 9.17) is 15.0 Å². The second-order valence-electron chi connectivity index (χ2n) is 5.95. The maximum atomic E-state index is 6.07. The molecular formula is C20H22N2O2. The minimum Gasteiger partial charge on any atom is -0.489 e. The molecule has 0 aliphatic rings. The Labute approximate surface area is 142 Å². The van der Waals surface area contributed by atoms with Crippen LogP contribution >= 0.6 is 0 Å². The van der Waals surface area contributed by atoms with E-state index in [1.807, 2.05) is 30.3 Å². The van der Waals surface area contributed by atoms with Crippen LogP contribution in [-0.4, -0.2) is 5.16 Å². The lowest BCUT2D eigenvalue weighted by Crippen LogP contribution is -2.01. The Morgan fingerprint density at radius 3 is 2.58 bits per heavy atom. The van der Waals surface area contributed by atoms with E-state index in [0.29, 0.717) is 18.4 Å². The molecule has 1 atom stereocenters. The molecule has 24 heavy (non-hydrogen) atoms. The number of ether oxygens (including phenoxy) is 1. The van der Waals surface area contributed by atoms with Crippen molar-refractivity contribution in [3.8, 4) is 17.0 Å². The first kappa shape index (κ1) is 16.1. The van der Waals surface area contributed by atoms with E-state index in [9.17, 15) is 0 Å². The predicted octanol–water partition coefficient (Wildman–Crippen LogP) is 5.02. The van der Waals surface area contributed by atoms with Gasteiger partial charge in [-0.3, -0.25) is 0 Å². The fraction of sp³-hybridized carbons (Fsp3) is 0.250. The number of anilines is 1. The van der Waals surface area contributed by atoms with Crippen molar-refractivity contribution in [2.24, 2.45) is 0 Å². The van der Waals surface area contributed by atoms with Gasteiger partial charge in [-0.15, -0.1) is 0 Å².